The largest absolute Gasteiger partial charge is 0.368 e. The molecule has 0 saturated carbocycles. The summed E-state index contributed by atoms with van der Waals surface area (Å²) in [5.41, 5.74) is 13.3. The van der Waals surface area contributed by atoms with Crippen molar-refractivity contribution in [3.05, 3.63) is 71.0 Å². The number of aromatic nitrogens is 4. The molecule has 0 amide bonds. The zero-order valence-electron chi connectivity index (χ0n) is 19.1. The number of aromatic amines is 1. The molecule has 168 valence electrons. The molecule has 0 radical (unpaired) electrons. The lowest BCUT2D eigenvalue weighted by Crippen LogP contribution is -2.43. The summed E-state index contributed by atoms with van der Waals surface area (Å²) >= 11 is 0. The van der Waals surface area contributed by atoms with E-state index < -0.39 is 0 Å². The first-order chi connectivity index (χ1) is 16.0. The molecule has 0 atom stereocenters. The van der Waals surface area contributed by atoms with Crippen molar-refractivity contribution in [3.8, 4) is 11.3 Å². The molecular formula is C26H29N7. The van der Waals surface area contributed by atoms with E-state index >= 15 is 0 Å². The van der Waals surface area contributed by atoms with Gasteiger partial charge in [0, 0.05) is 49.9 Å². The predicted molar refractivity (Wildman–Crippen MR) is 134 cm³/mol. The zero-order valence-corrected chi connectivity index (χ0v) is 19.1. The summed E-state index contributed by atoms with van der Waals surface area (Å²) in [4.78, 5) is 13.2. The number of nitrogens with two attached hydrogens (primary N) is 1. The molecule has 1 fully saturated rings. The summed E-state index contributed by atoms with van der Waals surface area (Å²) in [6.45, 7) is 7.78. The number of nitrogen functional groups attached to an aromatic ring is 1. The Kier molecular flexibility index (Phi) is 5.90. The monoisotopic (exact) mass is 439 g/mol. The van der Waals surface area contributed by atoms with Gasteiger partial charge < -0.3 is 10.6 Å². The normalized spacial score (nSPS) is 15.6. The van der Waals surface area contributed by atoms with Gasteiger partial charge in [0.05, 0.1) is 16.9 Å². The molecule has 7 nitrogen and oxygen atoms in total. The molecular weight excluding hydrogens is 410 g/mol. The quantitative estimate of drug-likeness (QED) is 0.492. The van der Waals surface area contributed by atoms with Gasteiger partial charge in [-0.25, -0.2) is 9.97 Å². The van der Waals surface area contributed by atoms with Crippen LogP contribution < -0.4 is 5.73 Å². The number of H-pyrrole nitrogens is 1. The van der Waals surface area contributed by atoms with Crippen LogP contribution in [0.4, 0.5) is 5.95 Å². The van der Waals surface area contributed by atoms with E-state index in [-0.39, 0.29) is 5.95 Å². The maximum atomic E-state index is 5.72. The van der Waals surface area contributed by atoms with Gasteiger partial charge in [0.1, 0.15) is 0 Å². The molecule has 0 spiro atoms. The van der Waals surface area contributed by atoms with E-state index in [4.69, 9.17) is 5.73 Å². The summed E-state index contributed by atoms with van der Waals surface area (Å²) in [5.74, 6) is 0.269. The average molecular weight is 440 g/mol. The molecule has 2 aromatic heterocycles. The third kappa shape index (κ3) is 4.79. The van der Waals surface area contributed by atoms with Crippen LogP contribution in [0.15, 0.2) is 48.7 Å². The van der Waals surface area contributed by atoms with E-state index in [0.29, 0.717) is 0 Å². The minimum atomic E-state index is 0.269. The van der Waals surface area contributed by atoms with Crippen molar-refractivity contribution in [2.45, 2.75) is 13.5 Å². The topological polar surface area (TPSA) is 87.0 Å². The van der Waals surface area contributed by atoms with Crippen LogP contribution in [0.5, 0.6) is 0 Å². The molecule has 0 bridgehead atoms. The van der Waals surface area contributed by atoms with E-state index in [1.807, 2.05) is 18.2 Å². The molecule has 33 heavy (non-hydrogen) atoms. The van der Waals surface area contributed by atoms with Crippen LogP contribution in [0.1, 0.15) is 22.4 Å². The van der Waals surface area contributed by atoms with Gasteiger partial charge in [-0.15, -0.1) is 0 Å². The van der Waals surface area contributed by atoms with E-state index in [9.17, 15) is 0 Å². The molecule has 3 N–H and O–H groups in total. The number of hydrogen-bond acceptors (Lipinski definition) is 6. The lowest BCUT2D eigenvalue weighted by Gasteiger charge is -2.32. The number of likely N-dealkylation sites (N-methyl/N-ethyl adjacent to an activating group) is 1. The van der Waals surface area contributed by atoms with Gasteiger partial charge in [-0.2, -0.15) is 5.10 Å². The highest BCUT2D eigenvalue weighted by molar-refractivity contribution is 5.91. The highest BCUT2D eigenvalue weighted by Gasteiger charge is 2.14. The summed E-state index contributed by atoms with van der Waals surface area (Å²) < 4.78 is 0. The fourth-order valence-electron chi connectivity index (χ4n) is 4.28. The highest BCUT2D eigenvalue weighted by atomic mass is 15.2. The fraction of sp³-hybridized carbons (Fsp3) is 0.269. The van der Waals surface area contributed by atoms with E-state index in [1.54, 1.807) is 6.20 Å². The van der Waals surface area contributed by atoms with Crippen molar-refractivity contribution in [3.63, 3.8) is 0 Å². The van der Waals surface area contributed by atoms with Gasteiger partial charge in [-0.05, 0) is 54.9 Å². The molecule has 1 saturated heterocycles. The Hall–Kier alpha value is -3.55. The first kappa shape index (κ1) is 21.3. The maximum absolute atomic E-state index is 5.72. The van der Waals surface area contributed by atoms with Crippen LogP contribution in [-0.2, 0) is 6.54 Å². The Morgan fingerprint density at radius 1 is 1.03 bits per heavy atom. The summed E-state index contributed by atoms with van der Waals surface area (Å²) in [6, 6.07) is 14.7. The van der Waals surface area contributed by atoms with Crippen LogP contribution in [0.25, 0.3) is 34.3 Å². The summed E-state index contributed by atoms with van der Waals surface area (Å²) in [5, 5.41) is 8.71. The molecule has 1 aliphatic heterocycles. The number of hydrogen-bond donors (Lipinski definition) is 2. The third-order valence-electron chi connectivity index (χ3n) is 6.35. The lowest BCUT2D eigenvalue weighted by molar-refractivity contribution is 0.148. The Morgan fingerprint density at radius 2 is 1.88 bits per heavy atom. The minimum Gasteiger partial charge on any atom is -0.368 e. The van der Waals surface area contributed by atoms with Crippen LogP contribution in [0.3, 0.4) is 0 Å². The standard InChI is InChI=1S/C26H29N7/c1-18-15-19(3-5-21(18)17-33-13-11-32(2)12-14-33)4-8-24-22-7-6-20(16-25(22)31-30-24)23-9-10-28-26(27)29-23/h3-10,15-16H,11-14,17H2,1-2H3,(H,30,31)(H2,27,28,29)/b8-4+. The zero-order chi connectivity index (χ0) is 22.8. The third-order valence-corrected chi connectivity index (χ3v) is 6.35. The smallest absolute Gasteiger partial charge is 0.220 e. The Morgan fingerprint density at radius 3 is 2.67 bits per heavy atom. The van der Waals surface area contributed by atoms with Gasteiger partial charge >= 0.3 is 0 Å². The SMILES string of the molecule is Cc1cc(/C=C/c2n[nH]c3cc(-c4ccnc(N)n4)ccc23)ccc1CN1CCN(C)CC1. The molecule has 2 aromatic carbocycles. The number of anilines is 1. The molecule has 0 aliphatic carbocycles. The minimum absolute atomic E-state index is 0.269. The lowest BCUT2D eigenvalue weighted by atomic mass is 10.0. The van der Waals surface area contributed by atoms with E-state index in [1.165, 1.54) is 16.7 Å². The molecule has 7 heteroatoms. The number of benzene rings is 2. The Bertz CT molecular complexity index is 1300. The van der Waals surface area contributed by atoms with Crippen molar-refractivity contribution in [1.82, 2.24) is 30.0 Å². The van der Waals surface area contributed by atoms with Gasteiger partial charge in [0.25, 0.3) is 0 Å². The summed E-state index contributed by atoms with van der Waals surface area (Å²) in [6.07, 6.45) is 5.86. The highest BCUT2D eigenvalue weighted by Crippen LogP contribution is 2.25. The second-order valence-corrected chi connectivity index (χ2v) is 8.77. The van der Waals surface area contributed by atoms with E-state index in [2.05, 4.69) is 80.4 Å². The maximum Gasteiger partial charge on any atom is 0.220 e. The fourth-order valence-corrected chi connectivity index (χ4v) is 4.28. The number of nitrogens with one attached hydrogen (secondary N) is 1. The number of fused-ring (bicyclic) bond motifs is 1. The van der Waals surface area contributed by atoms with Crippen LogP contribution in [0, 0.1) is 6.92 Å². The first-order valence-corrected chi connectivity index (χ1v) is 11.3. The van der Waals surface area contributed by atoms with Crippen molar-refractivity contribution in [2.75, 3.05) is 39.0 Å². The Balaban J connectivity index is 1.31. The Labute approximate surface area is 194 Å². The van der Waals surface area contributed by atoms with Crippen molar-refractivity contribution < 1.29 is 0 Å². The molecule has 1 aliphatic rings. The van der Waals surface area contributed by atoms with Crippen molar-refractivity contribution in [1.29, 1.82) is 0 Å². The molecule has 4 aromatic rings. The predicted octanol–water partition coefficient (Wildman–Crippen LogP) is 3.83. The number of nitrogens with zero attached hydrogens (tertiary/aromatic N) is 5. The van der Waals surface area contributed by atoms with Gasteiger partial charge in [0.15, 0.2) is 0 Å². The number of piperazine rings is 1. The second kappa shape index (κ2) is 9.13. The molecule has 3 heterocycles. The van der Waals surface area contributed by atoms with Crippen LogP contribution >= 0.6 is 0 Å². The second-order valence-electron chi connectivity index (χ2n) is 8.77. The molecule has 5 rings (SSSR count). The van der Waals surface area contributed by atoms with Gasteiger partial charge in [-0.1, -0.05) is 30.3 Å². The number of rotatable bonds is 5. The van der Waals surface area contributed by atoms with Crippen molar-refractivity contribution in [2.24, 2.45) is 0 Å². The summed E-state index contributed by atoms with van der Waals surface area (Å²) in [7, 11) is 2.19. The van der Waals surface area contributed by atoms with Crippen LogP contribution in [-0.4, -0.2) is 63.2 Å². The van der Waals surface area contributed by atoms with E-state index in [0.717, 1.165) is 60.6 Å². The first-order valence-electron chi connectivity index (χ1n) is 11.3. The van der Waals surface area contributed by atoms with Crippen molar-refractivity contribution >= 4 is 29.0 Å². The van der Waals surface area contributed by atoms with Crippen LogP contribution in [0.2, 0.25) is 0 Å². The van der Waals surface area contributed by atoms with Gasteiger partial charge in [-0.3, -0.25) is 10.00 Å². The number of aryl methyl sites for hydroxylation is 1. The average Bonchev–Trinajstić information content (AvgIpc) is 3.23. The molecule has 0 unspecified atom stereocenters. The van der Waals surface area contributed by atoms with Gasteiger partial charge in [0.2, 0.25) is 5.95 Å².